The van der Waals surface area contributed by atoms with Crippen molar-refractivity contribution >= 4 is 40.9 Å². The van der Waals surface area contributed by atoms with E-state index in [9.17, 15) is 4.79 Å². The highest BCUT2D eigenvalue weighted by Gasteiger charge is 2.16. The number of thioether (sulfide) groups is 1. The molecule has 0 bridgehead atoms. The van der Waals surface area contributed by atoms with E-state index in [1.54, 1.807) is 12.1 Å². The first-order valence-corrected chi connectivity index (χ1v) is 5.17. The second-order valence-corrected chi connectivity index (χ2v) is 4.35. The standard InChI is InChI=1S/C8H6Cl2O3S/c9-4-1-2-6(5(10)3-4)14-8(13)7(11)12/h1-3,8,13H,(H,11,12). The van der Waals surface area contributed by atoms with E-state index in [4.69, 9.17) is 33.4 Å². The average molecular weight is 253 g/mol. The highest BCUT2D eigenvalue weighted by atomic mass is 35.5. The third-order valence-corrected chi connectivity index (χ3v) is 3.04. The number of aliphatic carboxylic acids is 1. The first-order valence-electron chi connectivity index (χ1n) is 3.53. The van der Waals surface area contributed by atoms with Gasteiger partial charge < -0.3 is 10.2 Å². The minimum Gasteiger partial charge on any atom is -0.479 e. The van der Waals surface area contributed by atoms with Crippen LogP contribution in [0, 0.1) is 0 Å². The fraction of sp³-hybridized carbons (Fsp3) is 0.125. The minimum atomic E-state index is -1.52. The van der Waals surface area contributed by atoms with Crippen LogP contribution in [0.1, 0.15) is 0 Å². The lowest BCUT2D eigenvalue weighted by atomic mass is 10.4. The zero-order valence-corrected chi connectivity index (χ0v) is 9.10. The van der Waals surface area contributed by atoms with Gasteiger partial charge in [-0.05, 0) is 18.2 Å². The van der Waals surface area contributed by atoms with E-state index in [1.807, 2.05) is 0 Å². The lowest BCUT2D eigenvalue weighted by Crippen LogP contribution is -2.14. The van der Waals surface area contributed by atoms with Crippen molar-refractivity contribution in [3.8, 4) is 0 Å². The maximum absolute atomic E-state index is 10.3. The second-order valence-electron chi connectivity index (χ2n) is 2.38. The molecule has 0 aliphatic carbocycles. The van der Waals surface area contributed by atoms with Crippen LogP contribution in [0.2, 0.25) is 10.0 Å². The van der Waals surface area contributed by atoms with Crippen LogP contribution in [0.5, 0.6) is 0 Å². The largest absolute Gasteiger partial charge is 0.479 e. The molecule has 1 atom stereocenters. The first-order chi connectivity index (χ1) is 6.50. The average Bonchev–Trinajstić information content (AvgIpc) is 2.09. The van der Waals surface area contributed by atoms with E-state index >= 15 is 0 Å². The third-order valence-electron chi connectivity index (χ3n) is 1.34. The highest BCUT2D eigenvalue weighted by molar-refractivity contribution is 8.00. The molecule has 2 N–H and O–H groups in total. The summed E-state index contributed by atoms with van der Waals surface area (Å²) in [6.07, 6.45) is 0. The Hall–Kier alpha value is -0.420. The summed E-state index contributed by atoms with van der Waals surface area (Å²) in [4.78, 5) is 10.8. The predicted molar refractivity (Wildman–Crippen MR) is 56.0 cm³/mol. The molecule has 0 spiro atoms. The predicted octanol–water partition coefficient (Wildman–Crippen LogP) is 2.49. The van der Waals surface area contributed by atoms with E-state index in [0.717, 1.165) is 11.8 Å². The lowest BCUT2D eigenvalue weighted by Gasteiger charge is -2.06. The Balaban J connectivity index is 2.82. The van der Waals surface area contributed by atoms with Gasteiger partial charge in [-0.1, -0.05) is 35.0 Å². The Bertz CT molecular complexity index is 356. The van der Waals surface area contributed by atoms with E-state index < -0.39 is 11.4 Å². The zero-order valence-electron chi connectivity index (χ0n) is 6.78. The van der Waals surface area contributed by atoms with Crippen molar-refractivity contribution in [1.82, 2.24) is 0 Å². The van der Waals surface area contributed by atoms with Gasteiger partial charge in [0.25, 0.3) is 0 Å². The summed E-state index contributed by atoms with van der Waals surface area (Å²) >= 11 is 12.2. The van der Waals surface area contributed by atoms with Crippen LogP contribution < -0.4 is 0 Å². The maximum Gasteiger partial charge on any atom is 0.343 e. The third kappa shape index (κ3) is 3.06. The number of carboxylic acid groups (broad SMARTS) is 1. The second kappa shape index (κ2) is 4.89. The smallest absolute Gasteiger partial charge is 0.343 e. The van der Waals surface area contributed by atoms with Gasteiger partial charge in [0.2, 0.25) is 5.44 Å². The summed E-state index contributed by atoms with van der Waals surface area (Å²) in [6, 6.07) is 4.62. The molecule has 0 heterocycles. The molecule has 1 aromatic carbocycles. The van der Waals surface area contributed by atoms with E-state index in [0.29, 0.717) is 14.9 Å². The van der Waals surface area contributed by atoms with Crippen LogP contribution in [0.25, 0.3) is 0 Å². The van der Waals surface area contributed by atoms with Gasteiger partial charge in [-0.2, -0.15) is 0 Å². The summed E-state index contributed by atoms with van der Waals surface area (Å²) in [5.74, 6) is -1.30. The number of carboxylic acids is 1. The molecule has 1 unspecified atom stereocenters. The van der Waals surface area contributed by atoms with Crippen LogP contribution in [0.4, 0.5) is 0 Å². The monoisotopic (exact) mass is 252 g/mol. The van der Waals surface area contributed by atoms with Crippen molar-refractivity contribution in [2.75, 3.05) is 0 Å². The molecule has 0 radical (unpaired) electrons. The molecule has 0 aliphatic heterocycles. The zero-order chi connectivity index (χ0) is 10.7. The van der Waals surface area contributed by atoms with Crippen LogP contribution >= 0.6 is 35.0 Å². The summed E-state index contributed by atoms with van der Waals surface area (Å²) in [5, 5.41) is 18.3. The minimum absolute atomic E-state index is 0.322. The number of hydrogen-bond acceptors (Lipinski definition) is 3. The fourth-order valence-corrected chi connectivity index (χ4v) is 1.94. The molecule has 1 aromatic rings. The molecular weight excluding hydrogens is 247 g/mol. The van der Waals surface area contributed by atoms with Gasteiger partial charge in [0.1, 0.15) is 0 Å². The molecule has 0 amide bonds. The molecule has 0 aliphatic rings. The molecule has 0 saturated heterocycles. The number of carbonyl (C=O) groups is 1. The van der Waals surface area contributed by atoms with Crippen LogP contribution in [-0.2, 0) is 4.79 Å². The van der Waals surface area contributed by atoms with Gasteiger partial charge >= 0.3 is 5.97 Å². The molecule has 0 aromatic heterocycles. The Labute approximate surface area is 94.6 Å². The topological polar surface area (TPSA) is 57.5 Å². The molecule has 3 nitrogen and oxygen atoms in total. The van der Waals surface area contributed by atoms with E-state index in [1.165, 1.54) is 6.07 Å². The van der Waals surface area contributed by atoms with Crippen molar-refractivity contribution in [2.24, 2.45) is 0 Å². The quantitative estimate of drug-likeness (QED) is 0.641. The molecule has 76 valence electrons. The first kappa shape index (κ1) is 11.7. The Morgan fingerprint density at radius 3 is 2.57 bits per heavy atom. The van der Waals surface area contributed by atoms with Crippen molar-refractivity contribution in [2.45, 2.75) is 10.3 Å². The SMILES string of the molecule is O=C(O)C(O)Sc1ccc(Cl)cc1Cl. The fourth-order valence-electron chi connectivity index (χ4n) is 0.741. The van der Waals surface area contributed by atoms with Crippen LogP contribution in [0.15, 0.2) is 23.1 Å². The molecule has 0 saturated carbocycles. The summed E-state index contributed by atoms with van der Waals surface area (Å²) < 4.78 is 0. The summed E-state index contributed by atoms with van der Waals surface area (Å²) in [6.45, 7) is 0. The lowest BCUT2D eigenvalue weighted by molar-refractivity contribution is -0.141. The summed E-state index contributed by atoms with van der Waals surface area (Å²) in [7, 11) is 0. The normalized spacial score (nSPS) is 12.5. The number of rotatable bonds is 3. The molecule has 1 rings (SSSR count). The number of hydrogen-bond donors (Lipinski definition) is 2. The Kier molecular flexibility index (Phi) is 4.07. The number of aliphatic hydroxyl groups excluding tert-OH is 1. The van der Waals surface area contributed by atoms with Crippen LogP contribution in [-0.4, -0.2) is 21.6 Å². The van der Waals surface area contributed by atoms with Gasteiger partial charge in [0.15, 0.2) is 0 Å². The van der Waals surface area contributed by atoms with Crippen molar-refractivity contribution in [3.05, 3.63) is 28.2 Å². The van der Waals surface area contributed by atoms with Crippen molar-refractivity contribution < 1.29 is 15.0 Å². The van der Waals surface area contributed by atoms with Crippen molar-refractivity contribution in [1.29, 1.82) is 0 Å². The number of halogens is 2. The van der Waals surface area contributed by atoms with Gasteiger partial charge in [-0.15, -0.1) is 0 Å². The molecule has 14 heavy (non-hydrogen) atoms. The maximum atomic E-state index is 10.3. The van der Waals surface area contributed by atoms with Crippen LogP contribution in [0.3, 0.4) is 0 Å². The summed E-state index contributed by atoms with van der Waals surface area (Å²) in [5.41, 5.74) is -1.52. The molecule has 6 heteroatoms. The molecular formula is C8H6Cl2O3S. The molecule has 0 fully saturated rings. The number of benzene rings is 1. The van der Waals surface area contributed by atoms with Gasteiger partial charge in [0, 0.05) is 9.92 Å². The van der Waals surface area contributed by atoms with Gasteiger partial charge in [-0.3, -0.25) is 0 Å². The van der Waals surface area contributed by atoms with E-state index in [2.05, 4.69) is 0 Å². The highest BCUT2D eigenvalue weighted by Crippen LogP contribution is 2.31. The van der Waals surface area contributed by atoms with Gasteiger partial charge in [0.05, 0.1) is 5.02 Å². The Morgan fingerprint density at radius 1 is 1.43 bits per heavy atom. The van der Waals surface area contributed by atoms with E-state index in [-0.39, 0.29) is 0 Å². The van der Waals surface area contributed by atoms with Gasteiger partial charge in [-0.25, -0.2) is 4.79 Å². The number of aliphatic hydroxyl groups is 1. The van der Waals surface area contributed by atoms with Crippen molar-refractivity contribution in [3.63, 3.8) is 0 Å². The Morgan fingerprint density at radius 2 is 2.07 bits per heavy atom.